The molecule has 92 valence electrons. The fourth-order valence-electron chi connectivity index (χ4n) is 1.58. The molecule has 0 aliphatic heterocycles. The summed E-state index contributed by atoms with van der Waals surface area (Å²) in [7, 11) is 0. The van der Waals surface area contributed by atoms with Crippen molar-refractivity contribution in [2.75, 3.05) is 11.9 Å². The van der Waals surface area contributed by atoms with Crippen molar-refractivity contribution in [3.05, 3.63) is 44.9 Å². The third kappa shape index (κ3) is 3.22. The first-order chi connectivity index (χ1) is 8.69. The average Bonchev–Trinajstić information content (AvgIpc) is 2.75. The van der Waals surface area contributed by atoms with Gasteiger partial charge >= 0.3 is 0 Å². The summed E-state index contributed by atoms with van der Waals surface area (Å²) in [5.74, 6) is 0. The highest BCUT2D eigenvalue weighted by Gasteiger charge is 2.03. The van der Waals surface area contributed by atoms with Gasteiger partial charge in [0, 0.05) is 29.1 Å². The van der Waals surface area contributed by atoms with Crippen molar-refractivity contribution in [2.24, 2.45) is 0 Å². The largest absolute Gasteiger partial charge is 0.384 e. The third-order valence-corrected chi connectivity index (χ3v) is 3.63. The van der Waals surface area contributed by atoms with Gasteiger partial charge in [-0.3, -0.25) is 0 Å². The number of thiazole rings is 1. The van der Waals surface area contributed by atoms with Crippen LogP contribution in [0.3, 0.4) is 0 Å². The van der Waals surface area contributed by atoms with Gasteiger partial charge in [-0.15, -0.1) is 11.3 Å². The topological polar surface area (TPSA) is 48.7 Å². The molecule has 0 bridgehead atoms. The maximum absolute atomic E-state index is 8.99. The summed E-state index contributed by atoms with van der Waals surface area (Å²) in [5, 5.41) is 13.9. The minimum absolute atomic E-state index is 0.606. The number of benzene rings is 1. The van der Waals surface area contributed by atoms with Crippen molar-refractivity contribution in [1.29, 1.82) is 5.26 Å². The smallest absolute Gasteiger partial charge is 0.101 e. The van der Waals surface area contributed by atoms with Crippen molar-refractivity contribution in [2.45, 2.75) is 13.3 Å². The molecule has 0 saturated heterocycles. The molecular weight excluding hydrogens is 266 g/mol. The normalized spacial score (nSPS) is 10.1. The van der Waals surface area contributed by atoms with Gasteiger partial charge in [-0.25, -0.2) is 4.98 Å². The molecule has 0 spiro atoms. The molecule has 2 aromatic rings. The molecule has 0 aliphatic rings. The number of nitrogens with zero attached hydrogens (tertiary/aromatic N) is 2. The predicted molar refractivity (Wildman–Crippen MR) is 75.2 cm³/mol. The Kier molecular flexibility index (Phi) is 4.19. The molecule has 0 saturated carbocycles. The fourth-order valence-corrected chi connectivity index (χ4v) is 2.54. The average molecular weight is 278 g/mol. The van der Waals surface area contributed by atoms with E-state index in [0.717, 1.165) is 23.7 Å². The summed E-state index contributed by atoms with van der Waals surface area (Å²) in [6.07, 6.45) is 2.72. The Labute approximate surface area is 115 Å². The van der Waals surface area contributed by atoms with Crippen LogP contribution in [-0.4, -0.2) is 11.5 Å². The van der Waals surface area contributed by atoms with Gasteiger partial charge in [-0.1, -0.05) is 11.6 Å². The molecule has 1 aromatic heterocycles. The minimum atomic E-state index is 0.606. The van der Waals surface area contributed by atoms with Crippen LogP contribution >= 0.6 is 22.9 Å². The van der Waals surface area contributed by atoms with Crippen molar-refractivity contribution < 1.29 is 0 Å². The lowest BCUT2D eigenvalue weighted by Crippen LogP contribution is -2.05. The van der Waals surface area contributed by atoms with Gasteiger partial charge in [0.15, 0.2) is 0 Å². The summed E-state index contributed by atoms with van der Waals surface area (Å²) in [5.41, 5.74) is 1.38. The predicted octanol–water partition coefficient (Wildman–Crippen LogP) is 3.63. The summed E-state index contributed by atoms with van der Waals surface area (Å²) in [6.45, 7) is 2.78. The van der Waals surface area contributed by atoms with E-state index in [2.05, 4.69) is 16.4 Å². The Morgan fingerprint density at radius 3 is 3.00 bits per heavy atom. The zero-order valence-electron chi connectivity index (χ0n) is 9.90. The van der Waals surface area contributed by atoms with Crippen molar-refractivity contribution in [3.8, 4) is 6.07 Å². The monoisotopic (exact) mass is 277 g/mol. The Morgan fingerprint density at radius 1 is 1.50 bits per heavy atom. The van der Waals surface area contributed by atoms with Gasteiger partial charge in [0.25, 0.3) is 0 Å². The molecule has 3 nitrogen and oxygen atoms in total. The number of halogens is 1. The van der Waals surface area contributed by atoms with Gasteiger partial charge in [0.2, 0.25) is 0 Å². The zero-order chi connectivity index (χ0) is 13.0. The van der Waals surface area contributed by atoms with Gasteiger partial charge in [0.05, 0.1) is 16.3 Å². The molecule has 5 heteroatoms. The molecule has 1 heterocycles. The Bertz CT molecular complexity index is 586. The van der Waals surface area contributed by atoms with E-state index in [1.807, 2.05) is 13.1 Å². The van der Waals surface area contributed by atoms with Crippen LogP contribution in [0, 0.1) is 18.3 Å². The number of aryl methyl sites for hydroxylation is 1. The number of hydrogen-bond donors (Lipinski definition) is 1. The Morgan fingerprint density at radius 2 is 2.33 bits per heavy atom. The molecule has 2 rings (SSSR count). The third-order valence-electron chi connectivity index (χ3n) is 2.43. The van der Waals surface area contributed by atoms with Crippen LogP contribution in [0.4, 0.5) is 5.69 Å². The van der Waals surface area contributed by atoms with Gasteiger partial charge < -0.3 is 5.32 Å². The van der Waals surface area contributed by atoms with Crippen LogP contribution in [-0.2, 0) is 6.42 Å². The molecule has 0 amide bonds. The van der Waals surface area contributed by atoms with E-state index in [1.165, 1.54) is 4.88 Å². The maximum Gasteiger partial charge on any atom is 0.101 e. The lowest BCUT2D eigenvalue weighted by molar-refractivity contribution is 0.997. The highest BCUT2D eigenvalue weighted by molar-refractivity contribution is 7.11. The first-order valence-corrected chi connectivity index (χ1v) is 6.73. The van der Waals surface area contributed by atoms with Crippen molar-refractivity contribution in [1.82, 2.24) is 4.98 Å². The fraction of sp³-hybridized carbons (Fsp3) is 0.231. The molecule has 0 radical (unpaired) electrons. The second-order valence-electron chi connectivity index (χ2n) is 3.84. The molecule has 0 fully saturated rings. The molecular formula is C13H12ClN3S. The zero-order valence-corrected chi connectivity index (χ0v) is 11.5. The summed E-state index contributed by atoms with van der Waals surface area (Å²) >= 11 is 7.61. The molecule has 0 atom stereocenters. The second kappa shape index (κ2) is 5.85. The maximum atomic E-state index is 8.99. The molecule has 18 heavy (non-hydrogen) atoms. The molecule has 0 unspecified atom stereocenters. The van der Waals surface area contributed by atoms with E-state index >= 15 is 0 Å². The number of nitrogens with one attached hydrogen (secondary N) is 1. The van der Waals surface area contributed by atoms with E-state index in [0.29, 0.717) is 10.6 Å². The highest BCUT2D eigenvalue weighted by atomic mass is 35.5. The lowest BCUT2D eigenvalue weighted by Gasteiger charge is -2.07. The Balaban J connectivity index is 1.98. The number of aromatic nitrogens is 1. The van der Waals surface area contributed by atoms with Crippen molar-refractivity contribution >= 4 is 28.6 Å². The summed E-state index contributed by atoms with van der Waals surface area (Å²) in [6, 6.07) is 7.35. The number of anilines is 1. The van der Waals surface area contributed by atoms with E-state index < -0.39 is 0 Å². The number of rotatable bonds is 4. The minimum Gasteiger partial charge on any atom is -0.384 e. The molecule has 0 aliphatic carbocycles. The highest BCUT2D eigenvalue weighted by Crippen LogP contribution is 2.20. The first kappa shape index (κ1) is 12.9. The Hall–Kier alpha value is -1.57. The number of hydrogen-bond acceptors (Lipinski definition) is 4. The van der Waals surface area contributed by atoms with Crippen LogP contribution in [0.5, 0.6) is 0 Å². The van der Waals surface area contributed by atoms with Crippen LogP contribution in [0.1, 0.15) is 15.4 Å². The van der Waals surface area contributed by atoms with E-state index in [1.54, 1.807) is 29.5 Å². The molecule has 1 aromatic carbocycles. The van der Waals surface area contributed by atoms with Crippen LogP contribution in [0.2, 0.25) is 5.02 Å². The van der Waals surface area contributed by atoms with Gasteiger partial charge in [-0.05, 0) is 25.1 Å². The van der Waals surface area contributed by atoms with Crippen molar-refractivity contribution in [3.63, 3.8) is 0 Å². The summed E-state index contributed by atoms with van der Waals surface area (Å²) < 4.78 is 0. The van der Waals surface area contributed by atoms with E-state index in [-0.39, 0.29) is 0 Å². The van der Waals surface area contributed by atoms with Gasteiger partial charge in [0.1, 0.15) is 6.07 Å². The van der Waals surface area contributed by atoms with Crippen LogP contribution < -0.4 is 5.32 Å². The lowest BCUT2D eigenvalue weighted by atomic mass is 10.2. The SMILES string of the molecule is Cc1cnc(CCNc2cc(Cl)ccc2C#N)s1. The quantitative estimate of drug-likeness (QED) is 0.928. The first-order valence-electron chi connectivity index (χ1n) is 5.54. The standard InChI is InChI=1S/C13H12ClN3S/c1-9-8-17-13(18-9)4-5-16-12-6-11(14)3-2-10(12)7-15/h2-3,6,8,16H,4-5H2,1H3. The summed E-state index contributed by atoms with van der Waals surface area (Å²) in [4.78, 5) is 5.51. The second-order valence-corrected chi connectivity index (χ2v) is 5.60. The van der Waals surface area contributed by atoms with E-state index in [4.69, 9.17) is 16.9 Å². The van der Waals surface area contributed by atoms with Crippen LogP contribution in [0.25, 0.3) is 0 Å². The van der Waals surface area contributed by atoms with Gasteiger partial charge in [-0.2, -0.15) is 5.26 Å². The van der Waals surface area contributed by atoms with E-state index in [9.17, 15) is 0 Å². The molecule has 1 N–H and O–H groups in total. The number of nitriles is 1. The van der Waals surface area contributed by atoms with Crippen LogP contribution in [0.15, 0.2) is 24.4 Å².